The van der Waals surface area contributed by atoms with Crippen molar-refractivity contribution in [1.29, 1.82) is 0 Å². The van der Waals surface area contributed by atoms with Crippen molar-refractivity contribution in [2.45, 2.75) is 32.8 Å². The normalized spacial score (nSPS) is 11.5. The van der Waals surface area contributed by atoms with Crippen LogP contribution in [0.5, 0.6) is 0 Å². The zero-order valence-electron chi connectivity index (χ0n) is 12.7. The van der Waals surface area contributed by atoms with E-state index in [1.54, 1.807) is 39.0 Å². The zero-order chi connectivity index (χ0) is 16.3. The molecular weight excluding hydrogens is 350 g/mol. The highest BCUT2D eigenvalue weighted by molar-refractivity contribution is 9.10. The van der Waals surface area contributed by atoms with Gasteiger partial charge in [-0.15, -0.1) is 0 Å². The van der Waals surface area contributed by atoms with E-state index in [1.165, 1.54) is 0 Å². The summed E-state index contributed by atoms with van der Waals surface area (Å²) >= 11 is 3.37. The number of hydrogen-bond acceptors (Lipinski definition) is 4. The molecule has 1 N–H and O–H groups in total. The van der Waals surface area contributed by atoms with E-state index in [0.717, 1.165) is 9.86 Å². The largest absolute Gasteiger partial charge is 0.444 e. The molecule has 5 nitrogen and oxygen atoms in total. The summed E-state index contributed by atoms with van der Waals surface area (Å²) in [5.41, 5.74) is -0.913. The van der Waals surface area contributed by atoms with Crippen LogP contribution in [0.25, 0.3) is 10.8 Å². The molecule has 118 valence electrons. The van der Waals surface area contributed by atoms with Crippen LogP contribution in [0, 0.1) is 0 Å². The van der Waals surface area contributed by atoms with Crippen molar-refractivity contribution < 1.29 is 13.9 Å². The fourth-order valence-corrected chi connectivity index (χ4v) is 2.32. The lowest BCUT2D eigenvalue weighted by molar-refractivity contribution is 0.0528. The third-order valence-electron chi connectivity index (χ3n) is 2.81. The summed E-state index contributed by atoms with van der Waals surface area (Å²) in [5.74, 6) is 0.520. The molecule has 0 saturated heterocycles. The lowest BCUT2D eigenvalue weighted by atomic mass is 10.1. The average Bonchev–Trinajstić information content (AvgIpc) is 2.35. The van der Waals surface area contributed by atoms with Gasteiger partial charge in [0.2, 0.25) is 0 Å². The first kappa shape index (κ1) is 16.5. The van der Waals surface area contributed by atoms with Gasteiger partial charge in [-0.05, 0) is 50.4 Å². The smallest absolute Gasteiger partial charge is 0.407 e. The van der Waals surface area contributed by atoms with Crippen LogP contribution in [0.3, 0.4) is 0 Å². The van der Waals surface area contributed by atoms with Gasteiger partial charge in [-0.2, -0.15) is 0 Å². The third-order valence-corrected chi connectivity index (χ3v) is 3.31. The number of carbonyl (C=O) groups is 1. The second kappa shape index (κ2) is 6.52. The van der Waals surface area contributed by atoms with Crippen molar-refractivity contribution in [3.63, 3.8) is 0 Å². The fraction of sp³-hybridized carbons (Fsp3) is 0.375. The lowest BCUT2D eigenvalue weighted by Gasteiger charge is -2.19. The van der Waals surface area contributed by atoms with Crippen LogP contribution in [-0.4, -0.2) is 18.2 Å². The number of nitrogens with one attached hydrogen (secondary N) is 1. The molecule has 0 bridgehead atoms. The molecule has 0 aliphatic rings. The molecule has 1 aromatic heterocycles. The Morgan fingerprint density at radius 1 is 1.32 bits per heavy atom. The summed E-state index contributed by atoms with van der Waals surface area (Å²) in [6.07, 6.45) is -0.0740. The Kier molecular flexibility index (Phi) is 4.90. The number of ether oxygens (including phenoxy) is 1. The van der Waals surface area contributed by atoms with Crippen molar-refractivity contribution in [3.8, 4) is 0 Å². The Morgan fingerprint density at radius 3 is 2.73 bits per heavy atom. The van der Waals surface area contributed by atoms with E-state index in [0.29, 0.717) is 24.1 Å². The maximum atomic E-state index is 11.9. The van der Waals surface area contributed by atoms with Gasteiger partial charge in [-0.3, -0.25) is 0 Å². The first-order valence-electron chi connectivity index (χ1n) is 6.94. The summed E-state index contributed by atoms with van der Waals surface area (Å²) in [6, 6.07) is 7.17. The Balaban J connectivity index is 2.03. The molecule has 1 amide bonds. The second-order valence-electron chi connectivity index (χ2n) is 5.91. The second-order valence-corrected chi connectivity index (χ2v) is 6.83. The first-order chi connectivity index (χ1) is 10.2. The SMILES string of the molecule is CC(C)(C)OC(=O)NCCc1cc2cc(Br)ccc2c(=O)o1. The Morgan fingerprint density at radius 2 is 2.05 bits per heavy atom. The van der Waals surface area contributed by atoms with Crippen molar-refractivity contribution in [1.82, 2.24) is 5.32 Å². The fourth-order valence-electron chi connectivity index (χ4n) is 1.94. The van der Waals surface area contributed by atoms with E-state index in [4.69, 9.17) is 9.15 Å². The van der Waals surface area contributed by atoms with Gasteiger partial charge < -0.3 is 14.5 Å². The van der Waals surface area contributed by atoms with Gasteiger partial charge in [0.05, 0.1) is 5.39 Å². The average molecular weight is 368 g/mol. The van der Waals surface area contributed by atoms with Crippen molar-refractivity contribution in [3.05, 3.63) is 44.9 Å². The number of alkyl carbamates (subject to hydrolysis) is 1. The molecule has 0 saturated carbocycles. The Bertz CT molecular complexity index is 746. The predicted octanol–water partition coefficient (Wildman–Crippen LogP) is 3.62. The van der Waals surface area contributed by atoms with Gasteiger partial charge in [-0.1, -0.05) is 15.9 Å². The highest BCUT2D eigenvalue weighted by Gasteiger charge is 2.15. The molecule has 0 fully saturated rings. The quantitative estimate of drug-likeness (QED) is 0.899. The summed E-state index contributed by atoms with van der Waals surface area (Å²) in [5, 5.41) is 3.97. The summed E-state index contributed by atoms with van der Waals surface area (Å²) in [7, 11) is 0. The highest BCUT2D eigenvalue weighted by Crippen LogP contribution is 2.18. The van der Waals surface area contributed by atoms with E-state index < -0.39 is 11.7 Å². The van der Waals surface area contributed by atoms with Gasteiger partial charge in [-0.25, -0.2) is 9.59 Å². The number of fused-ring (bicyclic) bond motifs is 1. The van der Waals surface area contributed by atoms with E-state index in [2.05, 4.69) is 21.2 Å². The Labute approximate surface area is 136 Å². The van der Waals surface area contributed by atoms with Crippen LogP contribution in [0.4, 0.5) is 4.79 Å². The van der Waals surface area contributed by atoms with Crippen LogP contribution in [0.2, 0.25) is 0 Å². The molecule has 0 spiro atoms. The van der Waals surface area contributed by atoms with Crippen molar-refractivity contribution >= 4 is 32.8 Å². The maximum Gasteiger partial charge on any atom is 0.407 e. The molecule has 6 heteroatoms. The molecule has 1 aromatic carbocycles. The van der Waals surface area contributed by atoms with E-state index in [-0.39, 0.29) is 5.63 Å². The molecule has 2 aromatic rings. The number of amides is 1. The van der Waals surface area contributed by atoms with Gasteiger partial charge in [0, 0.05) is 17.4 Å². The predicted molar refractivity (Wildman–Crippen MR) is 88.1 cm³/mol. The molecule has 0 aliphatic carbocycles. The van der Waals surface area contributed by atoms with Gasteiger partial charge in [0.15, 0.2) is 0 Å². The van der Waals surface area contributed by atoms with Gasteiger partial charge in [0.25, 0.3) is 0 Å². The standard InChI is InChI=1S/C16H18BrNO4/c1-16(2,3)22-15(20)18-7-6-12-9-10-8-11(17)4-5-13(10)14(19)21-12/h4-5,8-9H,6-7H2,1-3H3,(H,18,20). The van der Waals surface area contributed by atoms with E-state index in [9.17, 15) is 9.59 Å². The number of hydrogen-bond donors (Lipinski definition) is 1. The highest BCUT2D eigenvalue weighted by atomic mass is 79.9. The minimum Gasteiger partial charge on any atom is -0.444 e. The number of halogens is 1. The molecule has 2 rings (SSSR count). The van der Waals surface area contributed by atoms with Crippen molar-refractivity contribution in [2.24, 2.45) is 0 Å². The van der Waals surface area contributed by atoms with Crippen LogP contribution in [0.15, 0.2) is 37.9 Å². The van der Waals surface area contributed by atoms with E-state index >= 15 is 0 Å². The third kappa shape index (κ3) is 4.59. The number of benzene rings is 1. The molecule has 0 aliphatic heterocycles. The van der Waals surface area contributed by atoms with E-state index in [1.807, 2.05) is 6.07 Å². The maximum absolute atomic E-state index is 11.9. The topological polar surface area (TPSA) is 68.5 Å². The van der Waals surface area contributed by atoms with Gasteiger partial charge >= 0.3 is 11.7 Å². The molecular formula is C16H18BrNO4. The van der Waals surface area contributed by atoms with Gasteiger partial charge in [0.1, 0.15) is 11.4 Å². The summed E-state index contributed by atoms with van der Waals surface area (Å²) in [6.45, 7) is 5.73. The molecule has 0 radical (unpaired) electrons. The van der Waals surface area contributed by atoms with Crippen LogP contribution in [-0.2, 0) is 11.2 Å². The minimum absolute atomic E-state index is 0.331. The molecule has 0 atom stereocenters. The minimum atomic E-state index is -0.536. The number of rotatable bonds is 3. The first-order valence-corrected chi connectivity index (χ1v) is 7.73. The van der Waals surface area contributed by atoms with Crippen molar-refractivity contribution in [2.75, 3.05) is 6.54 Å². The number of carbonyl (C=O) groups excluding carboxylic acids is 1. The Hall–Kier alpha value is -1.82. The lowest BCUT2D eigenvalue weighted by Crippen LogP contribution is -2.33. The zero-order valence-corrected chi connectivity index (χ0v) is 14.3. The van der Waals surface area contributed by atoms with Crippen LogP contribution in [0.1, 0.15) is 26.5 Å². The van der Waals surface area contributed by atoms with Crippen LogP contribution >= 0.6 is 15.9 Å². The summed E-state index contributed by atoms with van der Waals surface area (Å²) < 4.78 is 11.3. The molecule has 1 heterocycles. The molecule has 0 unspecified atom stereocenters. The monoisotopic (exact) mass is 367 g/mol. The molecule has 22 heavy (non-hydrogen) atoms. The summed E-state index contributed by atoms with van der Waals surface area (Å²) in [4.78, 5) is 23.4. The van der Waals surface area contributed by atoms with Crippen LogP contribution < -0.4 is 10.9 Å².